The minimum Gasteiger partial charge on any atom is -0.497 e. The highest BCUT2D eigenvalue weighted by molar-refractivity contribution is 5.77. The lowest BCUT2D eigenvalue weighted by molar-refractivity contribution is -0.131. The summed E-state index contributed by atoms with van der Waals surface area (Å²) in [7, 11) is 1.67. The van der Waals surface area contributed by atoms with Crippen LogP contribution in [0.3, 0.4) is 0 Å². The first-order valence-electron chi connectivity index (χ1n) is 7.99. The van der Waals surface area contributed by atoms with Gasteiger partial charge in [-0.15, -0.1) is 0 Å². The molecule has 0 saturated carbocycles. The van der Waals surface area contributed by atoms with E-state index in [0.29, 0.717) is 18.9 Å². The lowest BCUT2D eigenvalue weighted by Crippen LogP contribution is -2.44. The number of methoxy groups -OCH3 is 1. The predicted octanol–water partition coefficient (Wildman–Crippen LogP) is 1.39. The molecule has 2 atom stereocenters. The molecule has 0 aliphatic carbocycles. The van der Waals surface area contributed by atoms with Gasteiger partial charge in [0.1, 0.15) is 5.75 Å². The molecule has 5 nitrogen and oxygen atoms in total. The van der Waals surface area contributed by atoms with Crippen molar-refractivity contribution < 1.29 is 14.3 Å². The third-order valence-corrected chi connectivity index (χ3v) is 4.55. The third kappa shape index (κ3) is 3.59. The maximum Gasteiger partial charge on any atom is 0.224 e. The summed E-state index contributed by atoms with van der Waals surface area (Å²) in [6.07, 6.45) is 1.57. The van der Waals surface area contributed by atoms with Crippen LogP contribution in [0.5, 0.6) is 5.75 Å². The molecule has 0 radical (unpaired) electrons. The zero-order valence-electron chi connectivity index (χ0n) is 13.1. The van der Waals surface area contributed by atoms with Crippen molar-refractivity contribution in [1.82, 2.24) is 10.2 Å². The number of morpholine rings is 1. The summed E-state index contributed by atoms with van der Waals surface area (Å²) in [5, 5.41) is 3.34. The molecule has 0 aromatic heterocycles. The highest BCUT2D eigenvalue weighted by atomic mass is 16.5. The van der Waals surface area contributed by atoms with Crippen LogP contribution >= 0.6 is 0 Å². The molecular weight excluding hydrogens is 280 g/mol. The van der Waals surface area contributed by atoms with Gasteiger partial charge in [-0.1, -0.05) is 12.1 Å². The summed E-state index contributed by atoms with van der Waals surface area (Å²) in [6, 6.07) is 8.36. The Hall–Kier alpha value is -1.59. The van der Waals surface area contributed by atoms with Gasteiger partial charge in [-0.3, -0.25) is 4.79 Å². The van der Waals surface area contributed by atoms with Crippen LogP contribution in [0.4, 0.5) is 0 Å². The van der Waals surface area contributed by atoms with Crippen molar-refractivity contribution in [3.8, 4) is 5.75 Å². The van der Waals surface area contributed by atoms with Crippen LogP contribution in [0, 0.1) is 0 Å². The molecule has 2 saturated heterocycles. The van der Waals surface area contributed by atoms with E-state index in [2.05, 4.69) is 17.4 Å². The summed E-state index contributed by atoms with van der Waals surface area (Å²) in [5.74, 6) is 1.54. The summed E-state index contributed by atoms with van der Waals surface area (Å²) in [5.41, 5.74) is 1.29. The Morgan fingerprint density at radius 2 is 2.23 bits per heavy atom. The maximum atomic E-state index is 12.4. The smallest absolute Gasteiger partial charge is 0.224 e. The molecule has 1 N–H and O–H groups in total. The van der Waals surface area contributed by atoms with Gasteiger partial charge in [0.2, 0.25) is 5.91 Å². The number of carbonyl (C=O) groups excluding carboxylic acids is 1. The lowest BCUT2D eigenvalue weighted by Gasteiger charge is -2.25. The van der Waals surface area contributed by atoms with Crippen LogP contribution in [-0.4, -0.2) is 56.8 Å². The topological polar surface area (TPSA) is 50.8 Å². The van der Waals surface area contributed by atoms with Crippen LogP contribution in [0.25, 0.3) is 0 Å². The number of ether oxygens (including phenoxy) is 2. The molecule has 5 heteroatoms. The molecule has 0 spiro atoms. The molecule has 22 heavy (non-hydrogen) atoms. The van der Waals surface area contributed by atoms with E-state index in [1.807, 2.05) is 17.0 Å². The Labute approximate surface area is 131 Å². The first kappa shape index (κ1) is 15.3. The second-order valence-corrected chi connectivity index (χ2v) is 6.03. The fraction of sp³-hybridized carbons (Fsp3) is 0.588. The number of hydrogen-bond acceptors (Lipinski definition) is 4. The van der Waals surface area contributed by atoms with Crippen molar-refractivity contribution in [3.63, 3.8) is 0 Å². The average Bonchev–Trinajstić information content (AvgIpc) is 3.06. The van der Waals surface area contributed by atoms with E-state index in [9.17, 15) is 4.79 Å². The largest absolute Gasteiger partial charge is 0.497 e. The Morgan fingerprint density at radius 3 is 2.91 bits per heavy atom. The second kappa shape index (κ2) is 7.11. The van der Waals surface area contributed by atoms with Gasteiger partial charge in [0.05, 0.1) is 20.3 Å². The van der Waals surface area contributed by atoms with Crippen molar-refractivity contribution >= 4 is 5.91 Å². The van der Waals surface area contributed by atoms with E-state index in [4.69, 9.17) is 9.47 Å². The van der Waals surface area contributed by atoms with Gasteiger partial charge in [0.25, 0.3) is 0 Å². The molecule has 2 heterocycles. The van der Waals surface area contributed by atoms with Crippen molar-refractivity contribution in [1.29, 1.82) is 0 Å². The molecule has 1 aromatic rings. The fourth-order valence-electron chi connectivity index (χ4n) is 3.23. The fourth-order valence-corrected chi connectivity index (χ4v) is 3.23. The molecular formula is C17H24N2O3. The standard InChI is InChI=1S/C17H24N2O3/c1-21-16-4-2-13(3-5-16)14-6-8-19(11-14)17(20)10-15-12-22-9-7-18-15/h2-5,14-15,18H,6-12H2,1H3. The van der Waals surface area contributed by atoms with Gasteiger partial charge in [-0.25, -0.2) is 0 Å². The van der Waals surface area contributed by atoms with Crippen LogP contribution in [0.15, 0.2) is 24.3 Å². The van der Waals surface area contributed by atoms with Crippen molar-refractivity contribution in [2.24, 2.45) is 0 Å². The van der Waals surface area contributed by atoms with Crippen molar-refractivity contribution in [2.45, 2.75) is 24.8 Å². The normalized spacial score (nSPS) is 25.2. The second-order valence-electron chi connectivity index (χ2n) is 6.03. The van der Waals surface area contributed by atoms with Gasteiger partial charge < -0.3 is 19.7 Å². The molecule has 2 unspecified atom stereocenters. The van der Waals surface area contributed by atoms with Gasteiger partial charge in [0, 0.05) is 38.0 Å². The van der Waals surface area contributed by atoms with Gasteiger partial charge in [-0.05, 0) is 24.1 Å². The van der Waals surface area contributed by atoms with E-state index in [1.165, 1.54) is 5.56 Å². The molecule has 1 amide bonds. The van der Waals surface area contributed by atoms with E-state index in [0.717, 1.165) is 38.4 Å². The quantitative estimate of drug-likeness (QED) is 0.913. The summed E-state index contributed by atoms with van der Waals surface area (Å²) >= 11 is 0. The molecule has 120 valence electrons. The monoisotopic (exact) mass is 304 g/mol. The lowest BCUT2D eigenvalue weighted by atomic mass is 9.98. The minimum atomic E-state index is 0.168. The van der Waals surface area contributed by atoms with Crippen LogP contribution in [0.1, 0.15) is 24.3 Å². The number of rotatable bonds is 4. The Morgan fingerprint density at radius 1 is 1.41 bits per heavy atom. The molecule has 3 rings (SSSR count). The number of benzene rings is 1. The molecule has 2 fully saturated rings. The van der Waals surface area contributed by atoms with E-state index < -0.39 is 0 Å². The highest BCUT2D eigenvalue weighted by Crippen LogP contribution is 2.28. The SMILES string of the molecule is COc1ccc(C2CCN(C(=O)CC3COCCN3)C2)cc1. The van der Waals surface area contributed by atoms with Gasteiger partial charge in [-0.2, -0.15) is 0 Å². The zero-order valence-corrected chi connectivity index (χ0v) is 13.1. The predicted molar refractivity (Wildman–Crippen MR) is 84.2 cm³/mol. The third-order valence-electron chi connectivity index (χ3n) is 4.55. The number of amides is 1. The number of likely N-dealkylation sites (tertiary alicyclic amines) is 1. The Balaban J connectivity index is 1.53. The van der Waals surface area contributed by atoms with E-state index in [1.54, 1.807) is 7.11 Å². The zero-order chi connectivity index (χ0) is 15.4. The molecule has 0 bridgehead atoms. The number of nitrogens with one attached hydrogen (secondary N) is 1. The van der Waals surface area contributed by atoms with Gasteiger partial charge in [0.15, 0.2) is 0 Å². The van der Waals surface area contributed by atoms with Crippen LogP contribution in [-0.2, 0) is 9.53 Å². The number of nitrogens with zero attached hydrogens (tertiary/aromatic N) is 1. The molecule has 2 aliphatic rings. The summed E-state index contributed by atoms with van der Waals surface area (Å²) < 4.78 is 10.6. The van der Waals surface area contributed by atoms with Crippen molar-refractivity contribution in [3.05, 3.63) is 29.8 Å². The van der Waals surface area contributed by atoms with Crippen LogP contribution in [0.2, 0.25) is 0 Å². The van der Waals surface area contributed by atoms with E-state index in [-0.39, 0.29) is 11.9 Å². The average molecular weight is 304 g/mol. The summed E-state index contributed by atoms with van der Waals surface area (Å²) in [4.78, 5) is 14.4. The van der Waals surface area contributed by atoms with Gasteiger partial charge >= 0.3 is 0 Å². The first-order chi connectivity index (χ1) is 10.8. The van der Waals surface area contributed by atoms with E-state index >= 15 is 0 Å². The van der Waals surface area contributed by atoms with Crippen molar-refractivity contribution in [2.75, 3.05) is 40.0 Å². The van der Waals surface area contributed by atoms with Crippen LogP contribution < -0.4 is 10.1 Å². The Bertz CT molecular complexity index is 497. The minimum absolute atomic E-state index is 0.168. The number of carbonyl (C=O) groups is 1. The Kier molecular flexibility index (Phi) is 4.95. The first-order valence-corrected chi connectivity index (χ1v) is 7.99. The molecule has 1 aromatic carbocycles. The maximum absolute atomic E-state index is 12.4. The summed E-state index contributed by atoms with van der Waals surface area (Å²) in [6.45, 7) is 3.89. The number of hydrogen-bond donors (Lipinski definition) is 1. The highest BCUT2D eigenvalue weighted by Gasteiger charge is 2.29. The molecule has 2 aliphatic heterocycles.